The predicted octanol–water partition coefficient (Wildman–Crippen LogP) is 4.42. The first-order chi connectivity index (χ1) is 10.1. The Kier molecular flexibility index (Phi) is 5.40. The summed E-state index contributed by atoms with van der Waals surface area (Å²) < 4.78 is 5.47. The second-order valence-corrected chi connectivity index (χ2v) is 5.61. The maximum absolute atomic E-state index is 5.47. The molecule has 0 aliphatic carbocycles. The molecule has 2 rings (SSSR count). The SMILES string of the molecule is CCc1ccc(-c2ccc(OC)c(CNC(C)C)c2)cc1. The molecular formula is C19H25NO. The summed E-state index contributed by atoms with van der Waals surface area (Å²) in [6, 6.07) is 15.6. The molecule has 0 aliphatic rings. The van der Waals surface area contributed by atoms with Gasteiger partial charge >= 0.3 is 0 Å². The number of hydrogen-bond acceptors (Lipinski definition) is 2. The Bertz CT molecular complexity index is 573. The minimum Gasteiger partial charge on any atom is -0.496 e. The Morgan fingerprint density at radius 1 is 1.00 bits per heavy atom. The summed E-state index contributed by atoms with van der Waals surface area (Å²) in [5.41, 5.74) is 5.05. The van der Waals surface area contributed by atoms with Gasteiger partial charge in [-0.3, -0.25) is 0 Å². The van der Waals surface area contributed by atoms with E-state index < -0.39 is 0 Å². The smallest absolute Gasteiger partial charge is 0.123 e. The van der Waals surface area contributed by atoms with E-state index in [-0.39, 0.29) is 0 Å². The number of benzene rings is 2. The molecule has 112 valence electrons. The van der Waals surface area contributed by atoms with E-state index in [1.54, 1.807) is 7.11 Å². The van der Waals surface area contributed by atoms with Gasteiger partial charge in [0.05, 0.1) is 7.11 Å². The standard InChI is InChI=1S/C19H25NO/c1-5-15-6-8-16(9-7-15)17-10-11-19(21-4)18(12-17)13-20-14(2)3/h6-12,14,20H,5,13H2,1-4H3. The quantitative estimate of drug-likeness (QED) is 0.847. The van der Waals surface area contributed by atoms with Crippen molar-refractivity contribution in [1.82, 2.24) is 5.32 Å². The van der Waals surface area contributed by atoms with E-state index in [2.05, 4.69) is 68.6 Å². The van der Waals surface area contributed by atoms with Gasteiger partial charge in [0.15, 0.2) is 0 Å². The van der Waals surface area contributed by atoms with Crippen molar-refractivity contribution in [2.45, 2.75) is 39.8 Å². The van der Waals surface area contributed by atoms with Crippen LogP contribution in [0.15, 0.2) is 42.5 Å². The lowest BCUT2D eigenvalue weighted by atomic mass is 10.0. The maximum atomic E-state index is 5.47. The van der Waals surface area contributed by atoms with Crippen LogP contribution in [-0.2, 0) is 13.0 Å². The van der Waals surface area contributed by atoms with Gasteiger partial charge in [-0.1, -0.05) is 51.1 Å². The summed E-state index contributed by atoms with van der Waals surface area (Å²) in [6.45, 7) is 7.30. The summed E-state index contributed by atoms with van der Waals surface area (Å²) in [5, 5.41) is 3.45. The van der Waals surface area contributed by atoms with Gasteiger partial charge in [0.25, 0.3) is 0 Å². The number of ether oxygens (including phenoxy) is 1. The molecule has 0 atom stereocenters. The molecule has 2 aromatic rings. The molecule has 0 radical (unpaired) electrons. The van der Waals surface area contributed by atoms with Gasteiger partial charge in [-0.05, 0) is 35.2 Å². The van der Waals surface area contributed by atoms with Gasteiger partial charge in [0.1, 0.15) is 5.75 Å². The summed E-state index contributed by atoms with van der Waals surface area (Å²) in [7, 11) is 1.73. The number of rotatable bonds is 6. The van der Waals surface area contributed by atoms with Crippen molar-refractivity contribution >= 4 is 0 Å². The Labute approximate surface area is 128 Å². The van der Waals surface area contributed by atoms with E-state index in [1.165, 1.54) is 22.3 Å². The van der Waals surface area contributed by atoms with Crippen molar-refractivity contribution in [2.75, 3.05) is 7.11 Å². The Balaban J connectivity index is 2.28. The van der Waals surface area contributed by atoms with Crippen LogP contribution in [0.25, 0.3) is 11.1 Å². The Morgan fingerprint density at radius 3 is 2.24 bits per heavy atom. The van der Waals surface area contributed by atoms with Gasteiger partial charge in [-0.25, -0.2) is 0 Å². The second-order valence-electron chi connectivity index (χ2n) is 5.61. The van der Waals surface area contributed by atoms with Crippen molar-refractivity contribution in [1.29, 1.82) is 0 Å². The highest BCUT2D eigenvalue weighted by Gasteiger charge is 2.06. The third-order valence-corrected chi connectivity index (χ3v) is 3.68. The molecular weight excluding hydrogens is 258 g/mol. The highest BCUT2D eigenvalue weighted by atomic mass is 16.5. The summed E-state index contributed by atoms with van der Waals surface area (Å²) in [4.78, 5) is 0. The van der Waals surface area contributed by atoms with Gasteiger partial charge in [-0.2, -0.15) is 0 Å². The minimum atomic E-state index is 0.460. The van der Waals surface area contributed by atoms with Crippen LogP contribution in [0.3, 0.4) is 0 Å². The number of hydrogen-bond donors (Lipinski definition) is 1. The predicted molar refractivity (Wildman–Crippen MR) is 89.8 cm³/mol. The first-order valence-corrected chi connectivity index (χ1v) is 7.63. The van der Waals surface area contributed by atoms with Crippen molar-refractivity contribution < 1.29 is 4.74 Å². The fourth-order valence-electron chi connectivity index (χ4n) is 2.34. The van der Waals surface area contributed by atoms with Crippen LogP contribution in [0.1, 0.15) is 31.9 Å². The van der Waals surface area contributed by atoms with Crippen LogP contribution in [-0.4, -0.2) is 13.2 Å². The molecule has 0 fully saturated rings. The van der Waals surface area contributed by atoms with E-state index in [0.29, 0.717) is 6.04 Å². The molecule has 0 aliphatic heterocycles. The Morgan fingerprint density at radius 2 is 1.67 bits per heavy atom. The van der Waals surface area contributed by atoms with Crippen LogP contribution in [0.5, 0.6) is 5.75 Å². The third-order valence-electron chi connectivity index (χ3n) is 3.68. The average molecular weight is 283 g/mol. The van der Waals surface area contributed by atoms with E-state index in [9.17, 15) is 0 Å². The molecule has 2 heteroatoms. The normalized spacial score (nSPS) is 10.9. The summed E-state index contributed by atoms with van der Waals surface area (Å²) in [5.74, 6) is 0.942. The zero-order valence-corrected chi connectivity index (χ0v) is 13.4. The zero-order chi connectivity index (χ0) is 15.2. The number of nitrogens with one attached hydrogen (secondary N) is 1. The molecule has 0 amide bonds. The third kappa shape index (κ3) is 4.08. The van der Waals surface area contributed by atoms with Crippen LogP contribution in [0.2, 0.25) is 0 Å². The highest BCUT2D eigenvalue weighted by molar-refractivity contribution is 5.66. The summed E-state index contributed by atoms with van der Waals surface area (Å²) >= 11 is 0. The topological polar surface area (TPSA) is 21.3 Å². The van der Waals surface area contributed by atoms with Crippen molar-refractivity contribution in [3.05, 3.63) is 53.6 Å². The van der Waals surface area contributed by atoms with Gasteiger partial charge in [-0.15, -0.1) is 0 Å². The molecule has 0 aromatic heterocycles. The molecule has 0 unspecified atom stereocenters. The van der Waals surface area contributed by atoms with Crippen LogP contribution in [0.4, 0.5) is 0 Å². The molecule has 0 bridgehead atoms. The molecule has 0 heterocycles. The zero-order valence-electron chi connectivity index (χ0n) is 13.4. The minimum absolute atomic E-state index is 0.460. The van der Waals surface area contributed by atoms with Crippen molar-refractivity contribution in [2.24, 2.45) is 0 Å². The lowest BCUT2D eigenvalue weighted by Crippen LogP contribution is -2.22. The van der Waals surface area contributed by atoms with Crippen LogP contribution in [0, 0.1) is 0 Å². The highest BCUT2D eigenvalue weighted by Crippen LogP contribution is 2.27. The van der Waals surface area contributed by atoms with Crippen LogP contribution < -0.4 is 10.1 Å². The largest absolute Gasteiger partial charge is 0.496 e. The fraction of sp³-hybridized carbons (Fsp3) is 0.368. The van der Waals surface area contributed by atoms with E-state index >= 15 is 0 Å². The Hall–Kier alpha value is -1.80. The lowest BCUT2D eigenvalue weighted by molar-refractivity contribution is 0.406. The van der Waals surface area contributed by atoms with Gasteiger partial charge in [0.2, 0.25) is 0 Å². The second kappa shape index (κ2) is 7.28. The first-order valence-electron chi connectivity index (χ1n) is 7.63. The fourth-order valence-corrected chi connectivity index (χ4v) is 2.34. The molecule has 1 N–H and O–H groups in total. The molecule has 0 spiro atoms. The average Bonchev–Trinajstić information content (AvgIpc) is 2.52. The molecule has 0 saturated heterocycles. The van der Waals surface area contributed by atoms with E-state index in [1.807, 2.05) is 0 Å². The molecule has 21 heavy (non-hydrogen) atoms. The lowest BCUT2D eigenvalue weighted by Gasteiger charge is -2.14. The first kappa shape index (κ1) is 15.6. The van der Waals surface area contributed by atoms with Crippen molar-refractivity contribution in [3.63, 3.8) is 0 Å². The maximum Gasteiger partial charge on any atom is 0.123 e. The van der Waals surface area contributed by atoms with Crippen molar-refractivity contribution in [3.8, 4) is 16.9 Å². The van der Waals surface area contributed by atoms with Gasteiger partial charge in [0, 0.05) is 18.2 Å². The van der Waals surface area contributed by atoms with Gasteiger partial charge < -0.3 is 10.1 Å². The van der Waals surface area contributed by atoms with Crippen LogP contribution >= 0.6 is 0 Å². The number of methoxy groups -OCH3 is 1. The van der Waals surface area contributed by atoms with E-state index in [0.717, 1.165) is 18.7 Å². The molecule has 0 saturated carbocycles. The monoisotopic (exact) mass is 283 g/mol. The summed E-state index contributed by atoms with van der Waals surface area (Å²) in [6.07, 6.45) is 1.08. The molecule has 2 aromatic carbocycles. The number of aryl methyl sites for hydroxylation is 1. The molecule has 2 nitrogen and oxygen atoms in total. The van der Waals surface area contributed by atoms with E-state index in [4.69, 9.17) is 4.74 Å².